The molecule has 1 unspecified atom stereocenters. The molecule has 0 saturated heterocycles. The first kappa shape index (κ1) is 31.3. The topological polar surface area (TPSA) is 34.9 Å². The molecule has 1 atom stereocenters. The van der Waals surface area contributed by atoms with Gasteiger partial charge in [0.05, 0.1) is 16.3 Å². The summed E-state index contributed by atoms with van der Waals surface area (Å²) in [6.45, 7) is 4.68. The summed E-state index contributed by atoms with van der Waals surface area (Å²) in [5.74, 6) is 0. The SMILES string of the molecule is CC1(C)c2cc(-c3ccncc3)ccc2-c2ccc(-c3ccc(-n4c5ccccc5c5ccc6c(c54)P(=O)(c4ccccc4)c4ccccc4-6)cc3)cc21. The number of para-hydroxylation sites is 1. The van der Waals surface area contributed by atoms with Gasteiger partial charge in [-0.1, -0.05) is 135 Å². The highest BCUT2D eigenvalue weighted by molar-refractivity contribution is 7.86. The molecule has 0 amide bonds. The number of pyridine rings is 1. The third kappa shape index (κ3) is 4.25. The minimum absolute atomic E-state index is 0.142. The summed E-state index contributed by atoms with van der Waals surface area (Å²) in [5.41, 5.74) is 15.2. The predicted molar refractivity (Wildman–Crippen MR) is 225 cm³/mol. The van der Waals surface area contributed by atoms with Gasteiger partial charge < -0.3 is 9.13 Å². The Hall–Kier alpha value is -6.28. The van der Waals surface area contributed by atoms with E-state index >= 15 is 4.57 Å². The van der Waals surface area contributed by atoms with E-state index in [1.165, 1.54) is 44.5 Å². The van der Waals surface area contributed by atoms with Gasteiger partial charge >= 0.3 is 0 Å². The van der Waals surface area contributed by atoms with Crippen molar-refractivity contribution >= 4 is 44.9 Å². The van der Waals surface area contributed by atoms with E-state index in [4.69, 9.17) is 0 Å². The quantitative estimate of drug-likeness (QED) is 0.170. The average molecular weight is 711 g/mol. The number of hydrogen-bond acceptors (Lipinski definition) is 2. The zero-order chi connectivity index (χ0) is 36.2. The van der Waals surface area contributed by atoms with Gasteiger partial charge in [-0.2, -0.15) is 0 Å². The van der Waals surface area contributed by atoms with Gasteiger partial charge in [-0.3, -0.25) is 4.98 Å². The highest BCUT2D eigenvalue weighted by Crippen LogP contribution is 2.55. The van der Waals surface area contributed by atoms with Crippen molar-refractivity contribution in [3.63, 3.8) is 0 Å². The molecule has 256 valence electrons. The van der Waals surface area contributed by atoms with E-state index in [1.54, 1.807) is 0 Å². The Morgan fingerprint density at radius 2 is 1.11 bits per heavy atom. The summed E-state index contributed by atoms with van der Waals surface area (Å²) in [4.78, 5) is 4.22. The summed E-state index contributed by atoms with van der Waals surface area (Å²) in [6.07, 6.45) is 3.71. The van der Waals surface area contributed by atoms with E-state index in [2.05, 4.69) is 151 Å². The van der Waals surface area contributed by atoms with Crippen LogP contribution in [0.1, 0.15) is 25.0 Å². The second-order valence-corrected chi connectivity index (χ2v) is 17.8. The van der Waals surface area contributed by atoms with Gasteiger partial charge in [0, 0.05) is 44.9 Å². The van der Waals surface area contributed by atoms with Gasteiger partial charge in [0.25, 0.3) is 0 Å². The van der Waals surface area contributed by atoms with Gasteiger partial charge in [-0.15, -0.1) is 0 Å². The van der Waals surface area contributed by atoms with Gasteiger partial charge in [0.1, 0.15) is 0 Å². The van der Waals surface area contributed by atoms with Crippen LogP contribution >= 0.6 is 7.14 Å². The molecule has 2 aliphatic rings. The van der Waals surface area contributed by atoms with Crippen LogP contribution in [0.25, 0.3) is 72.0 Å². The van der Waals surface area contributed by atoms with Crippen molar-refractivity contribution in [3.8, 4) is 50.2 Å². The first-order valence-electron chi connectivity index (χ1n) is 18.6. The van der Waals surface area contributed by atoms with Crippen LogP contribution in [-0.2, 0) is 9.98 Å². The number of rotatable bonds is 4. The molecule has 0 saturated carbocycles. The van der Waals surface area contributed by atoms with Crippen LogP contribution < -0.4 is 15.9 Å². The monoisotopic (exact) mass is 710 g/mol. The Balaban J connectivity index is 1.05. The minimum atomic E-state index is -3.20. The van der Waals surface area contributed by atoms with E-state index in [-0.39, 0.29) is 5.41 Å². The maximum Gasteiger partial charge on any atom is 0.174 e. The number of aromatic nitrogens is 2. The Bertz CT molecular complexity index is 3030. The standard InChI is InChI=1S/C50H35N2OP/c1-50(2)44-30-34(18-22-38(44)39-23-19-35(31-45(39)50)33-26-28-51-29-27-33)32-16-20-36(21-17-32)52-46-14-8-6-12-40(46)42-24-25-43-41-13-7-9-15-47(41)54(53,49(43)48(42)52)37-10-4-3-5-11-37/h3-31H,1-2H3. The van der Waals surface area contributed by atoms with Gasteiger partial charge in [-0.05, 0) is 98.1 Å². The van der Waals surface area contributed by atoms with E-state index in [9.17, 15) is 0 Å². The number of benzene rings is 7. The Kier molecular flexibility index (Phi) is 6.58. The van der Waals surface area contributed by atoms with Crippen molar-refractivity contribution in [2.45, 2.75) is 19.3 Å². The van der Waals surface area contributed by atoms with Crippen LogP contribution in [0.2, 0.25) is 0 Å². The first-order chi connectivity index (χ1) is 26.4. The summed E-state index contributed by atoms with van der Waals surface area (Å²) in [7, 11) is -3.20. The zero-order valence-corrected chi connectivity index (χ0v) is 30.9. The molecule has 0 spiro atoms. The van der Waals surface area contributed by atoms with E-state index in [0.717, 1.165) is 54.5 Å². The van der Waals surface area contributed by atoms with Crippen molar-refractivity contribution in [1.82, 2.24) is 9.55 Å². The van der Waals surface area contributed by atoms with Crippen LogP contribution in [0.3, 0.4) is 0 Å². The maximum absolute atomic E-state index is 15.9. The van der Waals surface area contributed by atoms with Crippen molar-refractivity contribution in [2.75, 3.05) is 0 Å². The molecule has 1 aliphatic heterocycles. The maximum atomic E-state index is 15.9. The third-order valence-corrected chi connectivity index (χ3v) is 15.1. The lowest BCUT2D eigenvalue weighted by Gasteiger charge is -2.22. The van der Waals surface area contributed by atoms with Crippen molar-refractivity contribution < 1.29 is 4.57 Å². The smallest absolute Gasteiger partial charge is 0.174 e. The lowest BCUT2D eigenvalue weighted by molar-refractivity contribution is 0.593. The fraction of sp³-hybridized carbons (Fsp3) is 0.0600. The molecule has 54 heavy (non-hydrogen) atoms. The molecule has 3 nitrogen and oxygen atoms in total. The molecule has 2 aromatic heterocycles. The fourth-order valence-corrected chi connectivity index (χ4v) is 12.5. The summed E-state index contributed by atoms with van der Waals surface area (Å²) < 4.78 is 18.2. The molecule has 9 aromatic rings. The molecular weight excluding hydrogens is 676 g/mol. The average Bonchev–Trinajstić information content (AvgIpc) is 3.79. The second kappa shape index (κ2) is 11.4. The molecule has 0 N–H and O–H groups in total. The van der Waals surface area contributed by atoms with Crippen molar-refractivity contribution in [3.05, 3.63) is 187 Å². The molecule has 4 heteroatoms. The lowest BCUT2D eigenvalue weighted by atomic mass is 9.81. The number of hydrogen-bond donors (Lipinski definition) is 0. The predicted octanol–water partition coefficient (Wildman–Crippen LogP) is 11.4. The third-order valence-electron chi connectivity index (χ3n) is 11.9. The Morgan fingerprint density at radius 1 is 0.519 bits per heavy atom. The molecule has 0 fully saturated rings. The van der Waals surface area contributed by atoms with E-state index in [0.29, 0.717) is 0 Å². The molecular formula is C50H35N2OP. The first-order valence-corrected chi connectivity index (χ1v) is 20.3. The molecule has 1 aliphatic carbocycles. The van der Waals surface area contributed by atoms with E-state index in [1.807, 2.05) is 48.8 Å². The van der Waals surface area contributed by atoms with E-state index < -0.39 is 7.14 Å². The van der Waals surface area contributed by atoms with Gasteiger partial charge in [0.2, 0.25) is 0 Å². The van der Waals surface area contributed by atoms with Crippen LogP contribution in [0.4, 0.5) is 0 Å². The highest BCUT2D eigenvalue weighted by Gasteiger charge is 2.43. The summed E-state index contributed by atoms with van der Waals surface area (Å²) in [5, 5.41) is 4.99. The van der Waals surface area contributed by atoms with Crippen molar-refractivity contribution in [2.24, 2.45) is 0 Å². The summed E-state index contributed by atoms with van der Waals surface area (Å²) >= 11 is 0. The van der Waals surface area contributed by atoms with Crippen LogP contribution in [0.5, 0.6) is 0 Å². The summed E-state index contributed by atoms with van der Waals surface area (Å²) in [6, 6.07) is 58.2. The van der Waals surface area contributed by atoms with Crippen molar-refractivity contribution in [1.29, 1.82) is 0 Å². The largest absolute Gasteiger partial charge is 0.309 e. The number of fused-ring (bicyclic) bond motifs is 10. The van der Waals surface area contributed by atoms with Crippen LogP contribution in [-0.4, -0.2) is 9.55 Å². The van der Waals surface area contributed by atoms with Crippen LogP contribution in [0, 0.1) is 0 Å². The fourth-order valence-electron chi connectivity index (χ4n) is 9.29. The highest BCUT2D eigenvalue weighted by atomic mass is 31.2. The second-order valence-electron chi connectivity index (χ2n) is 15.1. The normalized spacial score (nSPS) is 16.3. The molecule has 0 radical (unpaired) electrons. The zero-order valence-electron chi connectivity index (χ0n) is 30.0. The Labute approximate surface area is 314 Å². The molecule has 11 rings (SSSR count). The molecule has 3 heterocycles. The molecule has 7 aromatic carbocycles. The van der Waals surface area contributed by atoms with Crippen LogP contribution in [0.15, 0.2) is 176 Å². The van der Waals surface area contributed by atoms with Gasteiger partial charge in [0.15, 0.2) is 7.14 Å². The lowest BCUT2D eigenvalue weighted by Crippen LogP contribution is -2.22. The molecule has 0 bridgehead atoms. The number of nitrogens with zero attached hydrogens (tertiary/aromatic N) is 2. The Morgan fingerprint density at radius 3 is 1.83 bits per heavy atom. The minimum Gasteiger partial charge on any atom is -0.309 e. The van der Waals surface area contributed by atoms with Gasteiger partial charge in [-0.25, -0.2) is 0 Å².